The first-order chi connectivity index (χ1) is 12.6. The minimum Gasteiger partial charge on any atom is -0.450 e. The molecule has 9 heteroatoms. The molecule has 1 saturated heterocycles. The van der Waals surface area contributed by atoms with Crippen LogP contribution < -0.4 is 5.32 Å². The molecule has 1 aliphatic rings. The third-order valence-electron chi connectivity index (χ3n) is 4.13. The summed E-state index contributed by atoms with van der Waals surface area (Å²) in [7, 11) is 0. The highest BCUT2D eigenvalue weighted by Gasteiger charge is 2.23. The third kappa shape index (κ3) is 6.80. The van der Waals surface area contributed by atoms with Crippen LogP contribution in [-0.2, 0) is 17.9 Å². The molecule has 0 aliphatic carbocycles. The molecule has 27 heavy (non-hydrogen) atoms. The van der Waals surface area contributed by atoms with Crippen molar-refractivity contribution >= 4 is 36.0 Å². The van der Waals surface area contributed by atoms with Gasteiger partial charge in [0.05, 0.1) is 19.8 Å². The number of amides is 1. The fourth-order valence-electron chi connectivity index (χ4n) is 2.76. The van der Waals surface area contributed by atoms with Crippen LogP contribution in [0.25, 0.3) is 0 Å². The molecular formula is C18H28FIN4O3. The lowest BCUT2D eigenvalue weighted by molar-refractivity contribution is 0.0914. The van der Waals surface area contributed by atoms with E-state index < -0.39 is 5.82 Å². The Hall–Kier alpha value is -1.62. The number of carbonyl (C=O) groups is 1. The predicted octanol–water partition coefficient (Wildman–Crippen LogP) is 2.18. The van der Waals surface area contributed by atoms with Crippen LogP contribution in [0.1, 0.15) is 25.0 Å². The summed E-state index contributed by atoms with van der Waals surface area (Å²) in [5.74, 6) is 0.341. The number of ether oxygens (including phenoxy) is 1. The van der Waals surface area contributed by atoms with Crippen molar-refractivity contribution in [3.05, 3.63) is 35.1 Å². The zero-order valence-electron chi connectivity index (χ0n) is 15.8. The van der Waals surface area contributed by atoms with Crippen LogP contribution in [0.5, 0.6) is 0 Å². The Balaban J connectivity index is 0.00000364. The van der Waals surface area contributed by atoms with Gasteiger partial charge in [-0.2, -0.15) is 0 Å². The van der Waals surface area contributed by atoms with Gasteiger partial charge in [0.2, 0.25) is 0 Å². The molecule has 1 aromatic rings. The second-order valence-corrected chi connectivity index (χ2v) is 5.93. The molecule has 2 N–H and O–H groups in total. The maximum absolute atomic E-state index is 13.5. The molecule has 0 aromatic heterocycles. The zero-order valence-corrected chi connectivity index (χ0v) is 18.1. The number of nitrogens with one attached hydrogen (secondary N) is 1. The molecule has 2 rings (SSSR count). The maximum Gasteiger partial charge on any atom is 0.409 e. The first-order valence-corrected chi connectivity index (χ1v) is 8.92. The summed E-state index contributed by atoms with van der Waals surface area (Å²) < 4.78 is 18.5. The summed E-state index contributed by atoms with van der Waals surface area (Å²) in [6.45, 7) is 7.41. The van der Waals surface area contributed by atoms with E-state index in [2.05, 4.69) is 15.2 Å². The average Bonchev–Trinajstić information content (AvgIpc) is 2.66. The number of halogens is 2. The summed E-state index contributed by atoms with van der Waals surface area (Å²) in [4.78, 5) is 20.2. The minimum atomic E-state index is -0.415. The largest absolute Gasteiger partial charge is 0.450 e. The van der Waals surface area contributed by atoms with Gasteiger partial charge >= 0.3 is 6.09 Å². The number of aliphatic hydroxyl groups excluding tert-OH is 1. The number of aliphatic hydroxyl groups is 1. The molecule has 152 valence electrons. The molecule has 0 spiro atoms. The number of aliphatic imine (C=N–C) groups is 1. The number of hydrogen-bond acceptors (Lipinski definition) is 4. The fraction of sp³-hybridized carbons (Fsp3) is 0.556. The molecule has 1 aliphatic heterocycles. The van der Waals surface area contributed by atoms with Gasteiger partial charge in [-0.1, -0.05) is 6.07 Å². The van der Waals surface area contributed by atoms with Gasteiger partial charge in [0.25, 0.3) is 0 Å². The van der Waals surface area contributed by atoms with E-state index >= 15 is 0 Å². The van der Waals surface area contributed by atoms with E-state index in [1.165, 1.54) is 6.07 Å². The molecule has 0 atom stereocenters. The van der Waals surface area contributed by atoms with Gasteiger partial charge in [-0.25, -0.2) is 14.2 Å². The van der Waals surface area contributed by atoms with Crippen LogP contribution >= 0.6 is 24.0 Å². The predicted molar refractivity (Wildman–Crippen MR) is 113 cm³/mol. The average molecular weight is 494 g/mol. The number of rotatable bonds is 5. The zero-order chi connectivity index (χ0) is 18.9. The Bertz CT molecular complexity index is 637. The monoisotopic (exact) mass is 494 g/mol. The van der Waals surface area contributed by atoms with Crippen molar-refractivity contribution < 1.29 is 19.0 Å². The lowest BCUT2D eigenvalue weighted by Gasteiger charge is -2.35. The van der Waals surface area contributed by atoms with Crippen molar-refractivity contribution in [2.45, 2.75) is 27.0 Å². The standard InChI is InChI=1S/C18H27FN4O3.HI/c1-3-20-17(21-12-14-5-6-16(19)15(11-14)13-24)22-7-9-23(10-8-22)18(25)26-4-2;/h5-6,11,24H,3-4,7-10,12-13H2,1-2H3,(H,20,21);1H. The molecule has 1 fully saturated rings. The fourth-order valence-corrected chi connectivity index (χ4v) is 2.76. The SMILES string of the molecule is CCNC(=NCc1ccc(F)c(CO)c1)N1CCN(C(=O)OCC)CC1.I. The summed E-state index contributed by atoms with van der Waals surface area (Å²) in [6, 6.07) is 4.64. The third-order valence-corrected chi connectivity index (χ3v) is 4.13. The van der Waals surface area contributed by atoms with E-state index in [0.717, 1.165) is 18.1 Å². The van der Waals surface area contributed by atoms with E-state index in [4.69, 9.17) is 4.74 Å². The summed E-state index contributed by atoms with van der Waals surface area (Å²) >= 11 is 0. The quantitative estimate of drug-likeness (QED) is 0.373. The Morgan fingerprint density at radius 2 is 1.93 bits per heavy atom. The maximum atomic E-state index is 13.5. The molecular weight excluding hydrogens is 466 g/mol. The lowest BCUT2D eigenvalue weighted by atomic mass is 10.1. The van der Waals surface area contributed by atoms with Crippen molar-refractivity contribution in [1.29, 1.82) is 0 Å². The van der Waals surface area contributed by atoms with Crippen molar-refractivity contribution in [1.82, 2.24) is 15.1 Å². The molecule has 0 unspecified atom stereocenters. The van der Waals surface area contributed by atoms with Crippen molar-refractivity contribution in [3.63, 3.8) is 0 Å². The van der Waals surface area contributed by atoms with Crippen LogP contribution in [0, 0.1) is 5.82 Å². The summed E-state index contributed by atoms with van der Waals surface area (Å²) in [5.41, 5.74) is 1.10. The van der Waals surface area contributed by atoms with E-state index in [9.17, 15) is 14.3 Å². The number of hydrogen-bond donors (Lipinski definition) is 2. The molecule has 0 bridgehead atoms. The van der Waals surface area contributed by atoms with Gasteiger partial charge in [-0.05, 0) is 31.5 Å². The van der Waals surface area contributed by atoms with E-state index in [-0.39, 0.29) is 42.2 Å². The molecule has 0 saturated carbocycles. The number of benzene rings is 1. The second kappa shape index (κ2) is 12.0. The lowest BCUT2D eigenvalue weighted by Crippen LogP contribution is -2.53. The smallest absolute Gasteiger partial charge is 0.409 e. The van der Waals surface area contributed by atoms with Gasteiger partial charge in [0, 0.05) is 38.3 Å². The van der Waals surface area contributed by atoms with Crippen LogP contribution in [0.4, 0.5) is 9.18 Å². The van der Waals surface area contributed by atoms with Gasteiger partial charge in [0.1, 0.15) is 5.82 Å². The second-order valence-electron chi connectivity index (χ2n) is 5.93. The summed E-state index contributed by atoms with van der Waals surface area (Å²) in [5, 5.41) is 12.4. The topological polar surface area (TPSA) is 77.4 Å². The van der Waals surface area contributed by atoms with Crippen molar-refractivity contribution in [2.24, 2.45) is 4.99 Å². The minimum absolute atomic E-state index is 0. The van der Waals surface area contributed by atoms with E-state index in [0.29, 0.717) is 39.3 Å². The highest BCUT2D eigenvalue weighted by molar-refractivity contribution is 14.0. The molecule has 7 nitrogen and oxygen atoms in total. The van der Waals surface area contributed by atoms with Crippen LogP contribution in [0.3, 0.4) is 0 Å². The Morgan fingerprint density at radius 1 is 1.26 bits per heavy atom. The van der Waals surface area contributed by atoms with Crippen molar-refractivity contribution in [3.8, 4) is 0 Å². The van der Waals surface area contributed by atoms with E-state index in [1.807, 2.05) is 6.92 Å². The van der Waals surface area contributed by atoms with Gasteiger partial charge in [-0.3, -0.25) is 0 Å². The van der Waals surface area contributed by atoms with Crippen LogP contribution in [-0.4, -0.2) is 66.3 Å². The first kappa shape index (κ1) is 23.4. The molecule has 1 amide bonds. The molecule has 1 heterocycles. The van der Waals surface area contributed by atoms with Crippen molar-refractivity contribution in [2.75, 3.05) is 39.3 Å². The number of guanidine groups is 1. The van der Waals surface area contributed by atoms with Gasteiger partial charge in [0.15, 0.2) is 5.96 Å². The Labute approximate surface area is 176 Å². The first-order valence-electron chi connectivity index (χ1n) is 8.92. The summed E-state index contributed by atoms with van der Waals surface area (Å²) in [6.07, 6.45) is -0.281. The van der Waals surface area contributed by atoms with Crippen LogP contribution in [0.15, 0.2) is 23.2 Å². The van der Waals surface area contributed by atoms with Crippen LogP contribution in [0.2, 0.25) is 0 Å². The van der Waals surface area contributed by atoms with Gasteiger partial charge in [-0.15, -0.1) is 24.0 Å². The normalized spacial score (nSPS) is 14.6. The Morgan fingerprint density at radius 3 is 2.52 bits per heavy atom. The highest BCUT2D eigenvalue weighted by Crippen LogP contribution is 2.12. The molecule has 0 radical (unpaired) electrons. The highest BCUT2D eigenvalue weighted by atomic mass is 127. The van der Waals surface area contributed by atoms with E-state index in [1.54, 1.807) is 24.0 Å². The molecule has 1 aromatic carbocycles. The number of nitrogens with zero attached hydrogens (tertiary/aromatic N) is 3. The number of carbonyl (C=O) groups excluding carboxylic acids is 1. The Kier molecular flexibility index (Phi) is 10.4. The van der Waals surface area contributed by atoms with Gasteiger partial charge < -0.3 is 25.0 Å². The number of piperazine rings is 1.